The molecular weight excluding hydrogens is 213 g/mol. The van der Waals surface area contributed by atoms with Gasteiger partial charge in [-0.05, 0) is 0 Å². The van der Waals surface area contributed by atoms with E-state index >= 15 is 0 Å². The van der Waals surface area contributed by atoms with Crippen molar-refractivity contribution >= 4 is 0 Å². The maximum absolute atomic E-state index is 9.50. The molecule has 0 amide bonds. The molecule has 0 aliphatic rings. The van der Waals surface area contributed by atoms with Crippen molar-refractivity contribution in [2.75, 3.05) is 7.18 Å². The van der Waals surface area contributed by atoms with Gasteiger partial charge in [-0.15, -0.1) is 0 Å². The highest BCUT2D eigenvalue weighted by Gasteiger charge is 1.57. The second-order valence-corrected chi connectivity index (χ2v) is 1.15. The van der Waals surface area contributed by atoms with E-state index in [0.717, 1.165) is 0 Å². The van der Waals surface area contributed by atoms with Crippen LogP contribution in [-0.2, 0) is 0 Å². The molecule has 16 heavy (non-hydrogen) atoms. The third-order valence-electron chi connectivity index (χ3n) is 0.667. The van der Waals surface area contributed by atoms with Gasteiger partial charge in [-0.2, -0.15) is 0 Å². The van der Waals surface area contributed by atoms with Crippen molar-refractivity contribution in [1.82, 2.24) is 0 Å². The highest BCUT2D eigenvalue weighted by molar-refractivity contribution is 4.99. The Bertz CT molecular complexity index is 83.1. The summed E-state index contributed by atoms with van der Waals surface area (Å²) in [7, 11) is 0.500. The molecule has 0 bridgehead atoms. The molecule has 0 unspecified atom stereocenters. The fraction of sp³-hybridized carbons (Fsp3) is 0.538. The number of alkyl halides is 1. The molecule has 0 N–H and O–H groups in total. The normalized spacial score (nSPS) is 4.88. The lowest BCUT2D eigenvalue weighted by atomic mass is 10.4. The molecule has 0 saturated heterocycles. The standard InChI is InChI=1S/C6H6.3C2H6.CH3F.F2/c1-2-4-6-5-3-1;5*1-2/h1-6H;3*1-2H3;1H3;. The zero-order valence-electron chi connectivity index (χ0n) is 11.6. The molecule has 100 valence electrons. The van der Waals surface area contributed by atoms with Gasteiger partial charge in [0.1, 0.15) is 0 Å². The van der Waals surface area contributed by atoms with Crippen molar-refractivity contribution in [3.05, 3.63) is 36.4 Å². The second-order valence-electron chi connectivity index (χ2n) is 1.15. The first-order valence-corrected chi connectivity index (χ1v) is 5.52. The quantitative estimate of drug-likeness (QED) is 0.507. The zero-order chi connectivity index (χ0) is 14.2. The summed E-state index contributed by atoms with van der Waals surface area (Å²) in [5, 5.41) is 0. The van der Waals surface area contributed by atoms with Crippen molar-refractivity contribution in [2.45, 2.75) is 41.5 Å². The maximum atomic E-state index is 9.50. The fourth-order valence-corrected chi connectivity index (χ4v) is 0.385. The zero-order valence-corrected chi connectivity index (χ0v) is 11.6. The third-order valence-corrected chi connectivity index (χ3v) is 0.667. The van der Waals surface area contributed by atoms with Crippen LogP contribution in [-0.4, -0.2) is 7.18 Å². The Hall–Kier alpha value is -0.990. The van der Waals surface area contributed by atoms with E-state index in [1.807, 2.05) is 77.9 Å². The van der Waals surface area contributed by atoms with Crippen LogP contribution in [0.5, 0.6) is 0 Å². The molecule has 1 aromatic rings. The average Bonchev–Trinajstić information content (AvgIpc) is 2.51. The predicted molar refractivity (Wildman–Crippen MR) is 69.7 cm³/mol. The van der Waals surface area contributed by atoms with Gasteiger partial charge in [0.05, 0.1) is 7.18 Å². The Labute approximate surface area is 99.4 Å². The van der Waals surface area contributed by atoms with Gasteiger partial charge in [0.25, 0.3) is 0 Å². The molecule has 0 aliphatic carbocycles. The molecule has 0 saturated carbocycles. The third kappa shape index (κ3) is 74.8. The van der Waals surface area contributed by atoms with Crippen LogP contribution in [0.1, 0.15) is 41.5 Å². The Morgan fingerprint density at radius 3 is 0.562 bits per heavy atom. The average molecular weight is 240 g/mol. The van der Waals surface area contributed by atoms with Crippen LogP contribution >= 0.6 is 0 Å². The number of halogens is 3. The summed E-state index contributed by atoms with van der Waals surface area (Å²) in [6.45, 7) is 12.0. The van der Waals surface area contributed by atoms with Gasteiger partial charge >= 0.3 is 0 Å². The van der Waals surface area contributed by atoms with Gasteiger partial charge in [0.2, 0.25) is 0 Å². The summed E-state index contributed by atoms with van der Waals surface area (Å²) in [6.07, 6.45) is 0. The topological polar surface area (TPSA) is 0 Å². The van der Waals surface area contributed by atoms with Gasteiger partial charge in [-0.3, -0.25) is 4.39 Å². The molecule has 0 aliphatic heterocycles. The van der Waals surface area contributed by atoms with Crippen molar-refractivity contribution in [3.63, 3.8) is 0 Å². The van der Waals surface area contributed by atoms with Gasteiger partial charge in [0, 0.05) is 9.15 Å². The fourth-order valence-electron chi connectivity index (χ4n) is 0.385. The highest BCUT2D eigenvalue weighted by Crippen LogP contribution is 1.79. The number of hydrogen-bond acceptors (Lipinski definition) is 0. The first-order chi connectivity index (χ1) is 8.00. The Kier molecular flexibility index (Phi) is 174. The lowest BCUT2D eigenvalue weighted by molar-refractivity contribution is 0.108. The summed E-state index contributed by atoms with van der Waals surface area (Å²) < 4.78 is 25.5. The molecule has 1 rings (SSSR count). The van der Waals surface area contributed by atoms with Crippen LogP contribution in [0.3, 0.4) is 0 Å². The van der Waals surface area contributed by atoms with E-state index in [2.05, 4.69) is 0 Å². The molecule has 0 heterocycles. The first kappa shape index (κ1) is 29.4. The molecule has 0 aromatic heterocycles. The first-order valence-electron chi connectivity index (χ1n) is 5.52. The Morgan fingerprint density at radius 2 is 0.500 bits per heavy atom. The van der Waals surface area contributed by atoms with Crippen molar-refractivity contribution < 1.29 is 13.5 Å². The number of benzene rings is 1. The van der Waals surface area contributed by atoms with E-state index in [1.54, 1.807) is 0 Å². The number of rotatable bonds is 0. The van der Waals surface area contributed by atoms with Crippen LogP contribution in [0, 0.1) is 0 Å². The van der Waals surface area contributed by atoms with E-state index < -0.39 is 0 Å². The van der Waals surface area contributed by atoms with E-state index in [0.29, 0.717) is 7.18 Å². The lowest BCUT2D eigenvalue weighted by Crippen LogP contribution is -1.47. The largest absolute Gasteiger partial charge is 0.255 e. The van der Waals surface area contributed by atoms with E-state index in [9.17, 15) is 4.39 Å². The van der Waals surface area contributed by atoms with E-state index in [-0.39, 0.29) is 0 Å². The SMILES string of the molecule is CC.CC.CC.CF.FF.c1ccccc1. The molecular formula is C13H27F3. The van der Waals surface area contributed by atoms with Gasteiger partial charge in [-0.25, -0.2) is 0 Å². The molecule has 0 radical (unpaired) electrons. The summed E-state index contributed by atoms with van der Waals surface area (Å²) in [5.41, 5.74) is 0. The van der Waals surface area contributed by atoms with E-state index in [4.69, 9.17) is 9.15 Å². The van der Waals surface area contributed by atoms with Crippen molar-refractivity contribution in [2.24, 2.45) is 0 Å². The molecule has 0 spiro atoms. The predicted octanol–water partition coefficient (Wildman–Crippen LogP) is 6.19. The van der Waals surface area contributed by atoms with E-state index in [1.165, 1.54) is 0 Å². The maximum Gasteiger partial charge on any atom is 0.0785 e. The van der Waals surface area contributed by atoms with Crippen LogP contribution in [0.2, 0.25) is 0 Å². The monoisotopic (exact) mass is 240 g/mol. The Balaban J connectivity index is -0.0000000351. The summed E-state index contributed by atoms with van der Waals surface area (Å²) >= 11 is 0. The van der Waals surface area contributed by atoms with Gasteiger partial charge in [0.15, 0.2) is 0 Å². The van der Waals surface area contributed by atoms with Crippen LogP contribution in [0.25, 0.3) is 0 Å². The molecule has 3 heteroatoms. The second kappa shape index (κ2) is 94.5. The summed E-state index contributed by atoms with van der Waals surface area (Å²) in [5.74, 6) is 0. The van der Waals surface area contributed by atoms with Gasteiger partial charge in [-0.1, -0.05) is 77.9 Å². The minimum atomic E-state index is 0.500. The Morgan fingerprint density at radius 1 is 0.438 bits per heavy atom. The van der Waals surface area contributed by atoms with Crippen LogP contribution in [0.15, 0.2) is 36.4 Å². The van der Waals surface area contributed by atoms with Crippen LogP contribution < -0.4 is 0 Å². The number of hydrogen-bond donors (Lipinski definition) is 0. The highest BCUT2D eigenvalue weighted by atomic mass is 20.0. The summed E-state index contributed by atoms with van der Waals surface area (Å²) in [4.78, 5) is 0. The van der Waals surface area contributed by atoms with Gasteiger partial charge < -0.3 is 0 Å². The van der Waals surface area contributed by atoms with Crippen LogP contribution in [0.4, 0.5) is 13.5 Å². The van der Waals surface area contributed by atoms with Crippen molar-refractivity contribution in [3.8, 4) is 0 Å². The summed E-state index contributed by atoms with van der Waals surface area (Å²) in [6, 6.07) is 12.0. The van der Waals surface area contributed by atoms with Crippen molar-refractivity contribution in [1.29, 1.82) is 0 Å². The molecule has 0 fully saturated rings. The minimum Gasteiger partial charge on any atom is -0.255 e. The molecule has 1 aromatic carbocycles. The molecule has 0 atom stereocenters. The smallest absolute Gasteiger partial charge is 0.0785 e. The lowest BCUT2D eigenvalue weighted by Gasteiger charge is -1.69. The minimum absolute atomic E-state index is 0.500. The molecule has 0 nitrogen and oxygen atoms in total.